The van der Waals surface area contributed by atoms with E-state index in [0.717, 1.165) is 52.5 Å². The van der Waals surface area contributed by atoms with Crippen molar-refractivity contribution in [2.75, 3.05) is 10.6 Å². The summed E-state index contributed by atoms with van der Waals surface area (Å²) in [6.45, 7) is 3.64. The van der Waals surface area contributed by atoms with E-state index in [0.29, 0.717) is 0 Å². The van der Waals surface area contributed by atoms with Crippen LogP contribution in [0.1, 0.15) is 26.0 Å². The van der Waals surface area contributed by atoms with E-state index < -0.39 is 0 Å². The molecule has 29 heavy (non-hydrogen) atoms. The minimum atomic E-state index is -0.0873. The maximum atomic E-state index is 11.2. The molecule has 0 aliphatic heterocycles. The van der Waals surface area contributed by atoms with Crippen molar-refractivity contribution in [3.05, 3.63) is 72.6 Å². The lowest BCUT2D eigenvalue weighted by molar-refractivity contribution is -0.114. The summed E-state index contributed by atoms with van der Waals surface area (Å²) in [6, 6.07) is 19.8. The first-order valence-corrected chi connectivity index (χ1v) is 9.72. The number of rotatable bonds is 6. The zero-order chi connectivity index (χ0) is 20.2. The van der Waals surface area contributed by atoms with Crippen LogP contribution in [0.25, 0.3) is 16.8 Å². The molecule has 2 N–H and O–H groups in total. The number of aromatic nitrogens is 3. The monoisotopic (exact) mass is 385 g/mol. The van der Waals surface area contributed by atoms with Crippen molar-refractivity contribution in [3.63, 3.8) is 0 Å². The molecule has 146 valence electrons. The summed E-state index contributed by atoms with van der Waals surface area (Å²) < 4.78 is 1.84. The SMILES string of the molecule is CCCc1cc(Nc2ccc(NC(C)=O)cc2)n2ncc(-c3ccccc3)c2n1. The first-order chi connectivity index (χ1) is 14.1. The van der Waals surface area contributed by atoms with Gasteiger partial charge in [-0.2, -0.15) is 9.61 Å². The lowest BCUT2D eigenvalue weighted by Crippen LogP contribution is -2.06. The van der Waals surface area contributed by atoms with Crippen LogP contribution in [-0.2, 0) is 11.2 Å². The predicted molar refractivity (Wildman–Crippen MR) is 116 cm³/mol. The Balaban J connectivity index is 1.73. The van der Waals surface area contributed by atoms with Crippen LogP contribution in [0.3, 0.4) is 0 Å². The molecule has 4 aromatic rings. The molecule has 0 fully saturated rings. The Morgan fingerprint density at radius 3 is 2.45 bits per heavy atom. The number of nitrogens with zero attached hydrogens (tertiary/aromatic N) is 3. The molecule has 0 unspecified atom stereocenters. The van der Waals surface area contributed by atoms with Crippen molar-refractivity contribution in [2.45, 2.75) is 26.7 Å². The first-order valence-electron chi connectivity index (χ1n) is 9.72. The quantitative estimate of drug-likeness (QED) is 0.487. The first kappa shape index (κ1) is 18.7. The van der Waals surface area contributed by atoms with E-state index in [2.05, 4.69) is 34.8 Å². The molecule has 6 nitrogen and oxygen atoms in total. The molecular weight excluding hydrogens is 362 g/mol. The highest BCUT2D eigenvalue weighted by Gasteiger charge is 2.13. The number of benzene rings is 2. The largest absolute Gasteiger partial charge is 0.340 e. The number of anilines is 3. The molecule has 0 aliphatic carbocycles. The van der Waals surface area contributed by atoms with E-state index in [9.17, 15) is 4.79 Å². The molecule has 0 atom stereocenters. The third-order valence-electron chi connectivity index (χ3n) is 4.59. The topological polar surface area (TPSA) is 71.3 Å². The zero-order valence-electron chi connectivity index (χ0n) is 16.5. The third-order valence-corrected chi connectivity index (χ3v) is 4.59. The number of fused-ring (bicyclic) bond motifs is 1. The van der Waals surface area contributed by atoms with Crippen LogP contribution in [0.5, 0.6) is 0 Å². The minimum absolute atomic E-state index is 0.0873. The third kappa shape index (κ3) is 4.11. The summed E-state index contributed by atoms with van der Waals surface area (Å²) in [6.07, 6.45) is 3.77. The van der Waals surface area contributed by atoms with Crippen molar-refractivity contribution in [3.8, 4) is 11.1 Å². The van der Waals surface area contributed by atoms with Crippen LogP contribution < -0.4 is 10.6 Å². The van der Waals surface area contributed by atoms with Gasteiger partial charge < -0.3 is 10.6 Å². The van der Waals surface area contributed by atoms with Gasteiger partial charge >= 0.3 is 0 Å². The number of carbonyl (C=O) groups is 1. The Kier molecular flexibility index (Phi) is 5.24. The van der Waals surface area contributed by atoms with E-state index >= 15 is 0 Å². The summed E-state index contributed by atoms with van der Waals surface area (Å²) in [5, 5.41) is 10.8. The van der Waals surface area contributed by atoms with Gasteiger partial charge in [-0.3, -0.25) is 4.79 Å². The van der Waals surface area contributed by atoms with E-state index in [1.54, 1.807) is 0 Å². The summed E-state index contributed by atoms with van der Waals surface area (Å²) >= 11 is 0. The lowest BCUT2D eigenvalue weighted by Gasteiger charge is -2.12. The van der Waals surface area contributed by atoms with E-state index in [-0.39, 0.29) is 5.91 Å². The molecule has 0 bridgehead atoms. The maximum Gasteiger partial charge on any atom is 0.221 e. The Morgan fingerprint density at radius 1 is 1.03 bits per heavy atom. The molecule has 2 aromatic carbocycles. The molecule has 6 heteroatoms. The van der Waals surface area contributed by atoms with Crippen LogP contribution in [0.2, 0.25) is 0 Å². The van der Waals surface area contributed by atoms with Crippen LogP contribution in [0.15, 0.2) is 66.9 Å². The summed E-state index contributed by atoms with van der Waals surface area (Å²) in [5.74, 6) is 0.767. The molecule has 0 saturated heterocycles. The summed E-state index contributed by atoms with van der Waals surface area (Å²) in [4.78, 5) is 16.1. The minimum Gasteiger partial charge on any atom is -0.340 e. The lowest BCUT2D eigenvalue weighted by atomic mass is 10.1. The predicted octanol–water partition coefficient (Wildman–Crippen LogP) is 5.05. The molecule has 0 spiro atoms. The van der Waals surface area contributed by atoms with Gasteiger partial charge in [0.15, 0.2) is 5.65 Å². The molecule has 1 amide bonds. The van der Waals surface area contributed by atoms with Gasteiger partial charge in [0.2, 0.25) is 5.91 Å². The van der Waals surface area contributed by atoms with Crippen LogP contribution in [-0.4, -0.2) is 20.5 Å². The fraction of sp³-hybridized carbons (Fsp3) is 0.174. The Labute approximate surface area is 169 Å². The van der Waals surface area contributed by atoms with Crippen molar-refractivity contribution in [1.82, 2.24) is 14.6 Å². The smallest absolute Gasteiger partial charge is 0.221 e. The van der Waals surface area contributed by atoms with Gasteiger partial charge in [0.05, 0.1) is 6.20 Å². The summed E-state index contributed by atoms with van der Waals surface area (Å²) in [5.41, 5.74) is 5.63. The zero-order valence-corrected chi connectivity index (χ0v) is 16.5. The second kappa shape index (κ2) is 8.14. The van der Waals surface area contributed by atoms with Gasteiger partial charge in [0.1, 0.15) is 5.82 Å². The number of carbonyl (C=O) groups excluding carboxylic acids is 1. The van der Waals surface area contributed by atoms with Crippen molar-refractivity contribution >= 4 is 28.7 Å². The van der Waals surface area contributed by atoms with E-state index in [4.69, 9.17) is 4.98 Å². The van der Waals surface area contributed by atoms with Crippen molar-refractivity contribution in [1.29, 1.82) is 0 Å². The number of hydrogen-bond donors (Lipinski definition) is 2. The van der Waals surface area contributed by atoms with Gasteiger partial charge in [-0.25, -0.2) is 4.98 Å². The Morgan fingerprint density at radius 2 is 1.76 bits per heavy atom. The second-order valence-corrected chi connectivity index (χ2v) is 6.93. The molecule has 0 aliphatic rings. The van der Waals surface area contributed by atoms with Crippen LogP contribution in [0, 0.1) is 0 Å². The molecular formula is C23H23N5O. The van der Waals surface area contributed by atoms with E-state index in [1.807, 2.05) is 59.2 Å². The number of aryl methyl sites for hydroxylation is 1. The van der Waals surface area contributed by atoms with Crippen LogP contribution in [0.4, 0.5) is 17.2 Å². The van der Waals surface area contributed by atoms with Gasteiger partial charge in [0, 0.05) is 35.6 Å². The van der Waals surface area contributed by atoms with Gasteiger partial charge in [-0.05, 0) is 36.2 Å². The Bertz CT molecular complexity index is 1130. The normalized spacial score (nSPS) is 10.8. The highest BCUT2D eigenvalue weighted by molar-refractivity contribution is 5.89. The fourth-order valence-corrected chi connectivity index (χ4v) is 3.30. The Hall–Kier alpha value is -3.67. The second-order valence-electron chi connectivity index (χ2n) is 6.93. The van der Waals surface area contributed by atoms with Crippen molar-refractivity contribution in [2.24, 2.45) is 0 Å². The fourth-order valence-electron chi connectivity index (χ4n) is 3.30. The molecule has 2 aromatic heterocycles. The number of amides is 1. The number of nitrogens with one attached hydrogen (secondary N) is 2. The summed E-state index contributed by atoms with van der Waals surface area (Å²) in [7, 11) is 0. The molecule has 4 rings (SSSR count). The highest BCUT2D eigenvalue weighted by atomic mass is 16.1. The van der Waals surface area contributed by atoms with Crippen molar-refractivity contribution < 1.29 is 4.79 Å². The van der Waals surface area contributed by atoms with Crippen LogP contribution >= 0.6 is 0 Å². The highest BCUT2D eigenvalue weighted by Crippen LogP contribution is 2.27. The van der Waals surface area contributed by atoms with Gasteiger partial charge in [0.25, 0.3) is 0 Å². The molecule has 0 radical (unpaired) electrons. The van der Waals surface area contributed by atoms with E-state index in [1.165, 1.54) is 6.92 Å². The maximum absolute atomic E-state index is 11.2. The standard InChI is InChI=1S/C23H23N5O/c1-3-7-20-14-22(26-19-12-10-18(11-13-19)25-16(2)29)28-23(27-20)21(15-24-28)17-8-5-4-6-9-17/h4-6,8-15,26H,3,7H2,1-2H3,(H,25,29). The average molecular weight is 385 g/mol. The number of hydrogen-bond acceptors (Lipinski definition) is 4. The average Bonchev–Trinajstić information content (AvgIpc) is 3.14. The molecule has 2 heterocycles. The molecule has 0 saturated carbocycles. The van der Waals surface area contributed by atoms with Gasteiger partial charge in [-0.1, -0.05) is 43.7 Å². The van der Waals surface area contributed by atoms with Gasteiger partial charge in [-0.15, -0.1) is 0 Å².